The lowest BCUT2D eigenvalue weighted by molar-refractivity contribution is -0.121. The minimum Gasteiger partial charge on any atom is -0.352 e. The van der Waals surface area contributed by atoms with E-state index in [1.807, 2.05) is 72.8 Å². The zero-order valence-electron chi connectivity index (χ0n) is 15.0. The van der Waals surface area contributed by atoms with Crippen LogP contribution in [0.1, 0.15) is 27.9 Å². The van der Waals surface area contributed by atoms with E-state index in [4.69, 9.17) is 0 Å². The van der Waals surface area contributed by atoms with E-state index in [1.165, 1.54) is 0 Å². The topological polar surface area (TPSA) is 58.2 Å². The summed E-state index contributed by atoms with van der Waals surface area (Å²) in [5.41, 5.74) is 3.35. The highest BCUT2D eigenvalue weighted by Crippen LogP contribution is 2.11. The van der Waals surface area contributed by atoms with Gasteiger partial charge in [0.05, 0.1) is 0 Å². The minimum atomic E-state index is -0.168. The van der Waals surface area contributed by atoms with Crippen molar-refractivity contribution in [3.63, 3.8) is 0 Å². The van der Waals surface area contributed by atoms with Crippen LogP contribution in [0.4, 0.5) is 5.69 Å². The number of aryl methyl sites for hydroxylation is 1. The molecule has 0 heterocycles. The molecule has 4 nitrogen and oxygen atoms in total. The second-order valence-corrected chi connectivity index (χ2v) is 6.28. The molecule has 0 saturated heterocycles. The SMILES string of the molecule is O=C(CCc1ccccc1)NCc1cccc(C(=O)Nc2ccccc2)c1. The van der Waals surface area contributed by atoms with E-state index >= 15 is 0 Å². The summed E-state index contributed by atoms with van der Waals surface area (Å²) < 4.78 is 0. The number of carbonyl (C=O) groups is 2. The van der Waals surface area contributed by atoms with Crippen LogP contribution in [0.2, 0.25) is 0 Å². The Morgan fingerprint density at radius 2 is 1.41 bits per heavy atom. The molecule has 3 aromatic rings. The zero-order chi connectivity index (χ0) is 18.9. The molecule has 27 heavy (non-hydrogen) atoms. The lowest BCUT2D eigenvalue weighted by Gasteiger charge is -2.08. The number of para-hydroxylation sites is 1. The van der Waals surface area contributed by atoms with Gasteiger partial charge in [-0.25, -0.2) is 0 Å². The fourth-order valence-electron chi connectivity index (χ4n) is 2.74. The molecule has 0 aliphatic heterocycles. The molecule has 2 N–H and O–H groups in total. The van der Waals surface area contributed by atoms with E-state index in [0.29, 0.717) is 24.9 Å². The number of nitrogens with one attached hydrogen (secondary N) is 2. The van der Waals surface area contributed by atoms with Crippen LogP contribution in [0.25, 0.3) is 0 Å². The summed E-state index contributed by atoms with van der Waals surface area (Å²) >= 11 is 0. The molecule has 0 atom stereocenters. The van der Waals surface area contributed by atoms with Gasteiger partial charge in [-0.15, -0.1) is 0 Å². The predicted molar refractivity (Wildman–Crippen MR) is 107 cm³/mol. The Kier molecular flexibility index (Phi) is 6.36. The molecule has 4 heteroatoms. The zero-order valence-corrected chi connectivity index (χ0v) is 15.0. The second-order valence-electron chi connectivity index (χ2n) is 6.28. The van der Waals surface area contributed by atoms with Gasteiger partial charge in [0, 0.05) is 24.2 Å². The van der Waals surface area contributed by atoms with Crippen molar-refractivity contribution in [2.24, 2.45) is 0 Å². The first-order chi connectivity index (χ1) is 13.2. The van der Waals surface area contributed by atoms with Gasteiger partial charge in [-0.3, -0.25) is 9.59 Å². The molecule has 136 valence electrons. The summed E-state index contributed by atoms with van der Waals surface area (Å²) in [5.74, 6) is -0.170. The molecule has 0 unspecified atom stereocenters. The minimum absolute atomic E-state index is 0.00186. The van der Waals surface area contributed by atoms with E-state index in [1.54, 1.807) is 12.1 Å². The average Bonchev–Trinajstić information content (AvgIpc) is 2.72. The molecule has 0 radical (unpaired) electrons. The van der Waals surface area contributed by atoms with Gasteiger partial charge < -0.3 is 10.6 Å². The van der Waals surface area contributed by atoms with Gasteiger partial charge in [0.25, 0.3) is 5.91 Å². The third kappa shape index (κ3) is 5.82. The molecule has 0 aliphatic carbocycles. The number of anilines is 1. The van der Waals surface area contributed by atoms with Crippen LogP contribution in [-0.4, -0.2) is 11.8 Å². The molecule has 0 saturated carbocycles. The third-order valence-electron chi connectivity index (χ3n) is 4.19. The highest BCUT2D eigenvalue weighted by atomic mass is 16.2. The van der Waals surface area contributed by atoms with Crippen molar-refractivity contribution in [3.8, 4) is 0 Å². The average molecular weight is 358 g/mol. The number of amides is 2. The number of hydrogen-bond donors (Lipinski definition) is 2. The Balaban J connectivity index is 1.51. The maximum atomic E-state index is 12.4. The van der Waals surface area contributed by atoms with Crippen LogP contribution in [0, 0.1) is 0 Å². The van der Waals surface area contributed by atoms with Crippen molar-refractivity contribution < 1.29 is 9.59 Å². The first-order valence-corrected chi connectivity index (χ1v) is 8.97. The lowest BCUT2D eigenvalue weighted by Crippen LogP contribution is -2.23. The fourth-order valence-corrected chi connectivity index (χ4v) is 2.74. The van der Waals surface area contributed by atoms with E-state index in [0.717, 1.165) is 16.8 Å². The van der Waals surface area contributed by atoms with Crippen LogP contribution in [0.5, 0.6) is 0 Å². The normalized spacial score (nSPS) is 10.2. The Bertz CT molecular complexity index is 893. The Hall–Kier alpha value is -3.40. The number of carbonyl (C=O) groups excluding carboxylic acids is 2. The molecule has 0 spiro atoms. The lowest BCUT2D eigenvalue weighted by atomic mass is 10.1. The monoisotopic (exact) mass is 358 g/mol. The first-order valence-electron chi connectivity index (χ1n) is 8.97. The third-order valence-corrected chi connectivity index (χ3v) is 4.19. The molecule has 3 aromatic carbocycles. The number of hydrogen-bond acceptors (Lipinski definition) is 2. The van der Waals surface area contributed by atoms with Gasteiger partial charge in [-0.2, -0.15) is 0 Å². The summed E-state index contributed by atoms with van der Waals surface area (Å²) in [7, 11) is 0. The Morgan fingerprint density at radius 3 is 2.15 bits per heavy atom. The van der Waals surface area contributed by atoms with Gasteiger partial charge in [0.1, 0.15) is 0 Å². The Labute approximate surface area is 159 Å². The molecule has 3 rings (SSSR count). The highest BCUT2D eigenvalue weighted by molar-refractivity contribution is 6.04. The van der Waals surface area contributed by atoms with Gasteiger partial charge in [0.2, 0.25) is 5.91 Å². The number of benzene rings is 3. The van der Waals surface area contributed by atoms with Crippen LogP contribution in [-0.2, 0) is 17.8 Å². The highest BCUT2D eigenvalue weighted by Gasteiger charge is 2.08. The maximum Gasteiger partial charge on any atom is 0.255 e. The largest absolute Gasteiger partial charge is 0.352 e. The molecular formula is C23H22N2O2. The van der Waals surface area contributed by atoms with Crippen LogP contribution < -0.4 is 10.6 Å². The van der Waals surface area contributed by atoms with Crippen LogP contribution in [0.15, 0.2) is 84.9 Å². The smallest absolute Gasteiger partial charge is 0.255 e. The Morgan fingerprint density at radius 1 is 0.741 bits per heavy atom. The van der Waals surface area contributed by atoms with Crippen molar-refractivity contribution >= 4 is 17.5 Å². The molecule has 0 fully saturated rings. The summed E-state index contributed by atoms with van der Waals surface area (Å²) in [6.45, 7) is 0.403. The van der Waals surface area contributed by atoms with Crippen molar-refractivity contribution in [3.05, 3.63) is 102 Å². The van der Waals surface area contributed by atoms with Crippen molar-refractivity contribution in [1.82, 2.24) is 5.32 Å². The molecule has 0 aromatic heterocycles. The molecule has 0 bridgehead atoms. The van der Waals surface area contributed by atoms with E-state index < -0.39 is 0 Å². The molecule has 2 amide bonds. The molecule has 0 aliphatic rings. The standard InChI is InChI=1S/C23H22N2O2/c26-22(15-14-18-8-3-1-4-9-18)24-17-19-10-7-11-20(16-19)23(27)25-21-12-5-2-6-13-21/h1-13,16H,14-15,17H2,(H,24,26)(H,25,27). The van der Waals surface area contributed by atoms with E-state index in [9.17, 15) is 9.59 Å². The summed E-state index contributed by atoms with van der Waals surface area (Å²) in [5, 5.41) is 5.78. The second kappa shape index (κ2) is 9.34. The van der Waals surface area contributed by atoms with E-state index in [2.05, 4.69) is 10.6 Å². The van der Waals surface area contributed by atoms with Crippen LogP contribution >= 0.6 is 0 Å². The van der Waals surface area contributed by atoms with Gasteiger partial charge in [-0.05, 0) is 41.8 Å². The number of rotatable bonds is 7. The maximum absolute atomic E-state index is 12.4. The van der Waals surface area contributed by atoms with Gasteiger partial charge >= 0.3 is 0 Å². The first kappa shape index (κ1) is 18.4. The van der Waals surface area contributed by atoms with Crippen LogP contribution in [0.3, 0.4) is 0 Å². The summed E-state index contributed by atoms with van der Waals surface area (Å²) in [6.07, 6.45) is 1.16. The van der Waals surface area contributed by atoms with Crippen molar-refractivity contribution in [1.29, 1.82) is 0 Å². The predicted octanol–water partition coefficient (Wildman–Crippen LogP) is 4.19. The molecular weight excluding hydrogens is 336 g/mol. The quantitative estimate of drug-likeness (QED) is 0.665. The van der Waals surface area contributed by atoms with Gasteiger partial charge in [0.15, 0.2) is 0 Å². The van der Waals surface area contributed by atoms with E-state index in [-0.39, 0.29) is 11.8 Å². The summed E-state index contributed by atoms with van der Waals surface area (Å²) in [4.78, 5) is 24.4. The summed E-state index contributed by atoms with van der Waals surface area (Å²) in [6, 6.07) is 26.6. The van der Waals surface area contributed by atoms with Crippen molar-refractivity contribution in [2.75, 3.05) is 5.32 Å². The fraction of sp³-hybridized carbons (Fsp3) is 0.130. The van der Waals surface area contributed by atoms with Crippen molar-refractivity contribution in [2.45, 2.75) is 19.4 Å². The van der Waals surface area contributed by atoms with Gasteiger partial charge in [-0.1, -0.05) is 60.7 Å².